The third-order valence-corrected chi connectivity index (χ3v) is 2.10. The lowest BCUT2D eigenvalue weighted by Crippen LogP contribution is -2.30. The third-order valence-electron chi connectivity index (χ3n) is 2.10. The highest BCUT2D eigenvalue weighted by molar-refractivity contribution is 5.80. The maximum absolute atomic E-state index is 11.3. The summed E-state index contributed by atoms with van der Waals surface area (Å²) in [6.45, 7) is 0.581. The minimum atomic E-state index is -0.129. The lowest BCUT2D eigenvalue weighted by Gasteiger charge is -2.07. The van der Waals surface area contributed by atoms with E-state index in [0.29, 0.717) is 13.0 Å². The maximum atomic E-state index is 11.3. The van der Waals surface area contributed by atoms with Crippen molar-refractivity contribution < 1.29 is 9.53 Å². The zero-order chi connectivity index (χ0) is 12.5. The van der Waals surface area contributed by atoms with Crippen molar-refractivity contribution in [3.8, 4) is 11.8 Å². The molecule has 0 bridgehead atoms. The van der Waals surface area contributed by atoms with Crippen LogP contribution in [-0.2, 0) is 4.79 Å². The lowest BCUT2D eigenvalue weighted by molar-refractivity contribution is -0.119. The smallest absolute Gasteiger partial charge is 0.239 e. The molecule has 90 valence electrons. The van der Waals surface area contributed by atoms with Gasteiger partial charge in [0.2, 0.25) is 5.91 Å². The molecule has 0 radical (unpaired) electrons. The molecule has 0 atom stereocenters. The molecule has 0 saturated heterocycles. The predicted octanol–water partition coefficient (Wildman–Crippen LogP) is 1.14. The molecule has 0 aliphatic carbocycles. The van der Waals surface area contributed by atoms with Crippen molar-refractivity contribution in [2.24, 2.45) is 0 Å². The van der Waals surface area contributed by atoms with Gasteiger partial charge in [-0.3, -0.25) is 4.79 Å². The van der Waals surface area contributed by atoms with Crippen LogP contribution in [0.25, 0.3) is 0 Å². The summed E-state index contributed by atoms with van der Waals surface area (Å²) in [4.78, 5) is 11.3. The van der Waals surface area contributed by atoms with Gasteiger partial charge in [0, 0.05) is 12.2 Å². The molecule has 0 heterocycles. The molecule has 0 aromatic heterocycles. The van der Waals surface area contributed by atoms with Gasteiger partial charge in [0.1, 0.15) is 5.75 Å². The molecule has 0 fully saturated rings. The highest BCUT2D eigenvalue weighted by Crippen LogP contribution is 2.14. The van der Waals surface area contributed by atoms with E-state index in [1.165, 1.54) is 0 Å². The van der Waals surface area contributed by atoms with Gasteiger partial charge in [-0.2, -0.15) is 5.26 Å². The number of methoxy groups -OCH3 is 1. The van der Waals surface area contributed by atoms with Crippen LogP contribution < -0.4 is 15.4 Å². The molecule has 0 aliphatic heterocycles. The molecule has 0 spiro atoms. The van der Waals surface area contributed by atoms with Crippen molar-refractivity contribution in [2.75, 3.05) is 25.5 Å². The minimum Gasteiger partial charge on any atom is -0.497 e. The van der Waals surface area contributed by atoms with Gasteiger partial charge in [-0.1, -0.05) is 0 Å². The molecule has 1 rings (SSSR count). The number of hydrogen-bond acceptors (Lipinski definition) is 4. The van der Waals surface area contributed by atoms with Crippen molar-refractivity contribution >= 4 is 11.6 Å². The van der Waals surface area contributed by atoms with Gasteiger partial charge < -0.3 is 15.4 Å². The highest BCUT2D eigenvalue weighted by Gasteiger charge is 2.00. The number of rotatable bonds is 6. The molecule has 5 nitrogen and oxygen atoms in total. The third kappa shape index (κ3) is 4.89. The van der Waals surface area contributed by atoms with Crippen molar-refractivity contribution in [3.63, 3.8) is 0 Å². The molecule has 1 aromatic carbocycles. The Morgan fingerprint density at radius 3 is 2.71 bits per heavy atom. The summed E-state index contributed by atoms with van der Waals surface area (Å²) in [7, 11) is 1.60. The molecule has 17 heavy (non-hydrogen) atoms. The SMILES string of the molecule is COc1ccc(NCC(=O)NCCC#N)cc1. The first-order chi connectivity index (χ1) is 8.26. The summed E-state index contributed by atoms with van der Waals surface area (Å²) >= 11 is 0. The first-order valence-corrected chi connectivity index (χ1v) is 5.28. The summed E-state index contributed by atoms with van der Waals surface area (Å²) in [6.07, 6.45) is 0.328. The molecular formula is C12H15N3O2. The quantitative estimate of drug-likeness (QED) is 0.722. The zero-order valence-corrected chi connectivity index (χ0v) is 9.69. The standard InChI is InChI=1S/C12H15N3O2/c1-17-11-5-3-10(4-6-11)15-9-12(16)14-8-2-7-13/h3-6,15H,2,8-9H2,1H3,(H,14,16). The van der Waals surface area contributed by atoms with E-state index in [1.807, 2.05) is 30.3 Å². The second-order valence-electron chi connectivity index (χ2n) is 3.34. The number of carbonyl (C=O) groups excluding carboxylic acids is 1. The van der Waals surface area contributed by atoms with Crippen molar-refractivity contribution in [1.29, 1.82) is 5.26 Å². The largest absolute Gasteiger partial charge is 0.497 e. The molecule has 0 saturated carbocycles. The average molecular weight is 233 g/mol. The minimum absolute atomic E-state index is 0.129. The topological polar surface area (TPSA) is 74.2 Å². The number of anilines is 1. The Kier molecular flexibility index (Phi) is 5.38. The predicted molar refractivity (Wildman–Crippen MR) is 64.7 cm³/mol. The van der Waals surface area contributed by atoms with Gasteiger partial charge in [-0.25, -0.2) is 0 Å². The van der Waals surface area contributed by atoms with Crippen LogP contribution in [0.3, 0.4) is 0 Å². The van der Waals surface area contributed by atoms with Gasteiger partial charge in [0.25, 0.3) is 0 Å². The van der Waals surface area contributed by atoms with Crippen LogP contribution in [0.2, 0.25) is 0 Å². The Labute approximate surface area is 100 Å². The normalized spacial score (nSPS) is 9.18. The number of amides is 1. The van der Waals surface area contributed by atoms with E-state index in [-0.39, 0.29) is 12.5 Å². The van der Waals surface area contributed by atoms with E-state index >= 15 is 0 Å². The first-order valence-electron chi connectivity index (χ1n) is 5.28. The molecule has 0 unspecified atom stereocenters. The monoisotopic (exact) mass is 233 g/mol. The lowest BCUT2D eigenvalue weighted by atomic mass is 10.3. The second-order valence-corrected chi connectivity index (χ2v) is 3.34. The van der Waals surface area contributed by atoms with Crippen LogP contribution in [0.1, 0.15) is 6.42 Å². The van der Waals surface area contributed by atoms with E-state index in [1.54, 1.807) is 7.11 Å². The van der Waals surface area contributed by atoms with Gasteiger partial charge >= 0.3 is 0 Å². The Morgan fingerprint density at radius 2 is 2.12 bits per heavy atom. The zero-order valence-electron chi connectivity index (χ0n) is 9.69. The van der Waals surface area contributed by atoms with E-state index in [4.69, 9.17) is 10.00 Å². The van der Waals surface area contributed by atoms with Crippen LogP contribution in [0.5, 0.6) is 5.75 Å². The molecule has 0 aliphatic rings. The average Bonchev–Trinajstić information content (AvgIpc) is 2.37. The number of nitrogens with one attached hydrogen (secondary N) is 2. The van der Waals surface area contributed by atoms with Crippen LogP contribution >= 0.6 is 0 Å². The summed E-state index contributed by atoms with van der Waals surface area (Å²) in [5.41, 5.74) is 0.848. The number of hydrogen-bond donors (Lipinski definition) is 2. The van der Waals surface area contributed by atoms with Gasteiger partial charge in [-0.05, 0) is 24.3 Å². The number of ether oxygens (including phenoxy) is 1. The van der Waals surface area contributed by atoms with E-state index in [9.17, 15) is 4.79 Å². The van der Waals surface area contributed by atoms with Gasteiger partial charge in [0.05, 0.1) is 26.1 Å². The van der Waals surface area contributed by atoms with Crippen LogP contribution in [0, 0.1) is 11.3 Å². The molecular weight excluding hydrogens is 218 g/mol. The van der Waals surface area contributed by atoms with E-state index in [0.717, 1.165) is 11.4 Å². The fraction of sp³-hybridized carbons (Fsp3) is 0.333. The molecule has 1 aromatic rings. The second kappa shape index (κ2) is 7.12. The van der Waals surface area contributed by atoms with Crippen molar-refractivity contribution in [1.82, 2.24) is 5.32 Å². The number of benzene rings is 1. The Balaban J connectivity index is 2.29. The van der Waals surface area contributed by atoms with Gasteiger partial charge in [-0.15, -0.1) is 0 Å². The first kappa shape index (κ1) is 12.8. The van der Waals surface area contributed by atoms with E-state index in [2.05, 4.69) is 10.6 Å². The van der Waals surface area contributed by atoms with Crippen LogP contribution in [0.4, 0.5) is 5.69 Å². The van der Waals surface area contributed by atoms with Crippen LogP contribution in [0.15, 0.2) is 24.3 Å². The fourth-order valence-electron chi connectivity index (χ4n) is 1.21. The Bertz CT molecular complexity index is 395. The Hall–Kier alpha value is -2.22. The van der Waals surface area contributed by atoms with Crippen molar-refractivity contribution in [2.45, 2.75) is 6.42 Å². The molecule has 5 heteroatoms. The fourth-order valence-corrected chi connectivity index (χ4v) is 1.21. The Morgan fingerprint density at radius 1 is 1.41 bits per heavy atom. The molecule has 1 amide bonds. The van der Waals surface area contributed by atoms with Gasteiger partial charge in [0.15, 0.2) is 0 Å². The maximum Gasteiger partial charge on any atom is 0.239 e. The summed E-state index contributed by atoms with van der Waals surface area (Å²) < 4.78 is 5.02. The number of nitrogens with zero attached hydrogens (tertiary/aromatic N) is 1. The summed E-state index contributed by atoms with van der Waals surface area (Å²) in [5, 5.41) is 13.9. The number of nitriles is 1. The number of carbonyl (C=O) groups is 1. The van der Waals surface area contributed by atoms with Crippen molar-refractivity contribution in [3.05, 3.63) is 24.3 Å². The summed E-state index contributed by atoms with van der Waals surface area (Å²) in [5.74, 6) is 0.644. The summed E-state index contributed by atoms with van der Waals surface area (Å²) in [6, 6.07) is 9.26. The van der Waals surface area contributed by atoms with E-state index < -0.39 is 0 Å². The molecule has 2 N–H and O–H groups in total. The van der Waals surface area contributed by atoms with Crippen LogP contribution in [-0.4, -0.2) is 26.1 Å². The highest BCUT2D eigenvalue weighted by atomic mass is 16.5.